The average Bonchev–Trinajstić information content (AvgIpc) is 2.96. The van der Waals surface area contributed by atoms with Gasteiger partial charge in [-0.1, -0.05) is 5.16 Å². The highest BCUT2D eigenvalue weighted by molar-refractivity contribution is 7.08. The van der Waals surface area contributed by atoms with E-state index in [1.165, 1.54) is 0 Å². The molecule has 2 aromatic rings. The van der Waals surface area contributed by atoms with Crippen LogP contribution in [0.25, 0.3) is 11.4 Å². The fourth-order valence-electron chi connectivity index (χ4n) is 1.72. The molecule has 3 heterocycles. The van der Waals surface area contributed by atoms with E-state index in [2.05, 4.69) is 10.1 Å². The maximum absolute atomic E-state index is 5.89. The molecule has 0 amide bonds. The molecule has 2 unspecified atom stereocenters. The van der Waals surface area contributed by atoms with E-state index in [1.807, 2.05) is 16.8 Å². The molecule has 0 bridgehead atoms. The molecule has 2 aromatic heterocycles. The Labute approximate surface area is 96.2 Å². The highest BCUT2D eigenvalue weighted by Crippen LogP contribution is 2.26. The number of nitrogens with zero attached hydrogens (tertiary/aromatic N) is 2. The van der Waals surface area contributed by atoms with Crippen LogP contribution in [-0.2, 0) is 4.74 Å². The molecule has 1 aliphatic heterocycles. The summed E-state index contributed by atoms with van der Waals surface area (Å²) in [7, 11) is 0. The molecule has 16 heavy (non-hydrogen) atoms. The molecule has 0 saturated carbocycles. The van der Waals surface area contributed by atoms with Gasteiger partial charge < -0.3 is 15.0 Å². The van der Waals surface area contributed by atoms with Gasteiger partial charge in [0, 0.05) is 17.0 Å². The molecule has 2 N–H and O–H groups in total. The van der Waals surface area contributed by atoms with Crippen LogP contribution in [0.3, 0.4) is 0 Å². The molecular formula is C10H11N3O2S. The Kier molecular flexibility index (Phi) is 2.47. The van der Waals surface area contributed by atoms with Crippen LogP contribution in [0.4, 0.5) is 0 Å². The first kappa shape index (κ1) is 9.95. The Morgan fingerprint density at radius 1 is 1.44 bits per heavy atom. The summed E-state index contributed by atoms with van der Waals surface area (Å²) in [5.41, 5.74) is 6.87. The van der Waals surface area contributed by atoms with Crippen molar-refractivity contribution in [1.82, 2.24) is 10.1 Å². The standard InChI is InChI=1S/C10H11N3O2S/c11-8-4-14-3-7(8)10-12-9(13-15-10)6-1-2-16-5-6/h1-2,5,7-8H,3-4,11H2. The van der Waals surface area contributed by atoms with E-state index in [4.69, 9.17) is 15.0 Å². The molecule has 0 spiro atoms. The van der Waals surface area contributed by atoms with Crippen LogP contribution >= 0.6 is 11.3 Å². The van der Waals surface area contributed by atoms with Crippen LogP contribution in [0, 0.1) is 0 Å². The van der Waals surface area contributed by atoms with E-state index in [9.17, 15) is 0 Å². The zero-order valence-corrected chi connectivity index (χ0v) is 9.31. The molecule has 0 aliphatic carbocycles. The summed E-state index contributed by atoms with van der Waals surface area (Å²) in [6.07, 6.45) is 0. The van der Waals surface area contributed by atoms with E-state index < -0.39 is 0 Å². The van der Waals surface area contributed by atoms with Gasteiger partial charge in [-0.05, 0) is 11.4 Å². The number of thiophene rings is 1. The predicted octanol–water partition coefficient (Wildman–Crippen LogP) is 1.24. The first-order valence-corrected chi connectivity index (χ1v) is 5.98. The van der Waals surface area contributed by atoms with Crippen molar-refractivity contribution >= 4 is 11.3 Å². The molecule has 0 aromatic carbocycles. The van der Waals surface area contributed by atoms with Gasteiger partial charge in [0.05, 0.1) is 19.1 Å². The molecule has 6 heteroatoms. The fourth-order valence-corrected chi connectivity index (χ4v) is 2.35. The highest BCUT2D eigenvalue weighted by atomic mass is 32.1. The Morgan fingerprint density at radius 3 is 3.06 bits per heavy atom. The van der Waals surface area contributed by atoms with Crippen molar-refractivity contribution < 1.29 is 9.26 Å². The zero-order chi connectivity index (χ0) is 11.0. The van der Waals surface area contributed by atoms with Gasteiger partial charge in [0.2, 0.25) is 11.7 Å². The Balaban J connectivity index is 1.88. The molecule has 84 valence electrons. The summed E-state index contributed by atoms with van der Waals surface area (Å²) >= 11 is 1.61. The maximum Gasteiger partial charge on any atom is 0.234 e. The third-order valence-electron chi connectivity index (χ3n) is 2.66. The number of rotatable bonds is 2. The van der Waals surface area contributed by atoms with Gasteiger partial charge in [0.1, 0.15) is 0 Å². The van der Waals surface area contributed by atoms with Crippen molar-refractivity contribution in [1.29, 1.82) is 0 Å². The minimum Gasteiger partial charge on any atom is -0.379 e. The summed E-state index contributed by atoms with van der Waals surface area (Å²) in [6.45, 7) is 1.12. The molecule has 2 atom stereocenters. The van der Waals surface area contributed by atoms with E-state index >= 15 is 0 Å². The van der Waals surface area contributed by atoms with Crippen molar-refractivity contribution in [2.24, 2.45) is 5.73 Å². The second-order valence-corrected chi connectivity index (χ2v) is 4.56. The second kappa shape index (κ2) is 3.97. The Hall–Kier alpha value is -1.24. The van der Waals surface area contributed by atoms with Gasteiger partial charge in [-0.2, -0.15) is 16.3 Å². The largest absolute Gasteiger partial charge is 0.379 e. The van der Waals surface area contributed by atoms with Crippen LogP contribution in [0.1, 0.15) is 11.8 Å². The monoisotopic (exact) mass is 237 g/mol. The van der Waals surface area contributed by atoms with Crippen molar-refractivity contribution in [2.45, 2.75) is 12.0 Å². The van der Waals surface area contributed by atoms with Gasteiger partial charge in [0.25, 0.3) is 0 Å². The number of aromatic nitrogens is 2. The van der Waals surface area contributed by atoms with Crippen LogP contribution in [0.15, 0.2) is 21.3 Å². The molecule has 0 radical (unpaired) electrons. The smallest absolute Gasteiger partial charge is 0.234 e. The lowest BCUT2D eigenvalue weighted by Crippen LogP contribution is -2.26. The lowest BCUT2D eigenvalue weighted by Gasteiger charge is -2.05. The maximum atomic E-state index is 5.89. The topological polar surface area (TPSA) is 74.2 Å². The quantitative estimate of drug-likeness (QED) is 0.850. The predicted molar refractivity (Wildman–Crippen MR) is 59.1 cm³/mol. The summed E-state index contributed by atoms with van der Waals surface area (Å²) < 4.78 is 10.5. The second-order valence-electron chi connectivity index (χ2n) is 3.78. The summed E-state index contributed by atoms with van der Waals surface area (Å²) in [4.78, 5) is 4.35. The SMILES string of the molecule is NC1COCC1c1nc(-c2ccsc2)no1. The van der Waals surface area contributed by atoms with Crippen LogP contribution in [0.2, 0.25) is 0 Å². The molecule has 5 nitrogen and oxygen atoms in total. The Morgan fingerprint density at radius 2 is 2.38 bits per heavy atom. The van der Waals surface area contributed by atoms with Gasteiger partial charge >= 0.3 is 0 Å². The minimum atomic E-state index is -0.0456. The van der Waals surface area contributed by atoms with Crippen molar-refractivity contribution in [3.63, 3.8) is 0 Å². The number of hydrogen-bond acceptors (Lipinski definition) is 6. The van der Waals surface area contributed by atoms with Crippen LogP contribution in [0.5, 0.6) is 0 Å². The number of hydrogen-bond donors (Lipinski definition) is 1. The highest BCUT2D eigenvalue weighted by Gasteiger charge is 2.31. The van der Waals surface area contributed by atoms with E-state index in [-0.39, 0.29) is 12.0 Å². The first-order chi connectivity index (χ1) is 7.84. The molecule has 1 aliphatic rings. The number of nitrogens with two attached hydrogens (primary N) is 1. The molecule has 1 fully saturated rings. The van der Waals surface area contributed by atoms with Crippen molar-refractivity contribution in [3.8, 4) is 11.4 Å². The van der Waals surface area contributed by atoms with Crippen molar-refractivity contribution in [3.05, 3.63) is 22.7 Å². The van der Waals surface area contributed by atoms with E-state index in [0.29, 0.717) is 24.9 Å². The average molecular weight is 237 g/mol. The fraction of sp³-hybridized carbons (Fsp3) is 0.400. The van der Waals surface area contributed by atoms with Crippen LogP contribution < -0.4 is 5.73 Å². The number of ether oxygens (including phenoxy) is 1. The lowest BCUT2D eigenvalue weighted by atomic mass is 10.1. The van der Waals surface area contributed by atoms with Gasteiger partial charge in [0.15, 0.2) is 0 Å². The first-order valence-electron chi connectivity index (χ1n) is 5.04. The van der Waals surface area contributed by atoms with Crippen molar-refractivity contribution in [2.75, 3.05) is 13.2 Å². The third-order valence-corrected chi connectivity index (χ3v) is 3.35. The Bertz CT molecular complexity index is 468. The molecule has 3 rings (SSSR count). The zero-order valence-electron chi connectivity index (χ0n) is 8.50. The van der Waals surface area contributed by atoms with Crippen LogP contribution in [-0.4, -0.2) is 29.4 Å². The van der Waals surface area contributed by atoms with E-state index in [0.717, 1.165) is 5.56 Å². The van der Waals surface area contributed by atoms with Gasteiger partial charge in [-0.3, -0.25) is 0 Å². The molecular weight excluding hydrogens is 226 g/mol. The summed E-state index contributed by atoms with van der Waals surface area (Å²) in [5, 5.41) is 7.91. The van der Waals surface area contributed by atoms with E-state index in [1.54, 1.807) is 11.3 Å². The minimum absolute atomic E-state index is 0.0277. The summed E-state index contributed by atoms with van der Waals surface area (Å²) in [6, 6.07) is 1.92. The summed E-state index contributed by atoms with van der Waals surface area (Å²) in [5.74, 6) is 1.22. The lowest BCUT2D eigenvalue weighted by molar-refractivity contribution is 0.187. The third kappa shape index (κ3) is 1.64. The normalized spacial score (nSPS) is 25.1. The van der Waals surface area contributed by atoms with Gasteiger partial charge in [-0.25, -0.2) is 0 Å². The van der Waals surface area contributed by atoms with Gasteiger partial charge in [-0.15, -0.1) is 0 Å². The molecule has 1 saturated heterocycles.